The van der Waals surface area contributed by atoms with Gasteiger partial charge in [-0.3, -0.25) is 0 Å². The molecule has 0 radical (unpaired) electrons. The van der Waals surface area contributed by atoms with E-state index < -0.39 is 0 Å². The normalized spacial score (nSPS) is 22.9. The molecular formula is C25H39N5S. The van der Waals surface area contributed by atoms with Crippen LogP contribution in [0, 0.1) is 0 Å². The third kappa shape index (κ3) is 6.05. The van der Waals surface area contributed by atoms with Crippen molar-refractivity contribution in [2.45, 2.75) is 108 Å². The summed E-state index contributed by atoms with van der Waals surface area (Å²) in [6.07, 6.45) is 12.4. The van der Waals surface area contributed by atoms with Crippen molar-refractivity contribution in [2.75, 3.05) is 5.32 Å². The van der Waals surface area contributed by atoms with Crippen LogP contribution in [0.2, 0.25) is 0 Å². The minimum atomic E-state index is 0.0464. The highest BCUT2D eigenvalue weighted by Gasteiger charge is 2.37. The summed E-state index contributed by atoms with van der Waals surface area (Å²) in [5.74, 6) is 0.731. The molecule has 4 N–H and O–H groups in total. The van der Waals surface area contributed by atoms with Gasteiger partial charge in [-0.2, -0.15) is 0 Å². The number of nitrogens with two attached hydrogens (primary N) is 1. The Labute approximate surface area is 191 Å². The number of hydrogen-bond donors (Lipinski definition) is 3. The average Bonchev–Trinajstić information content (AvgIpc) is 3.14. The van der Waals surface area contributed by atoms with Crippen LogP contribution in [-0.2, 0) is 6.42 Å². The second-order valence-electron chi connectivity index (χ2n) is 11.1. The molecule has 5 nitrogen and oxygen atoms in total. The van der Waals surface area contributed by atoms with Crippen molar-refractivity contribution >= 4 is 17.3 Å². The van der Waals surface area contributed by atoms with Crippen LogP contribution in [0.3, 0.4) is 0 Å². The van der Waals surface area contributed by atoms with Crippen molar-refractivity contribution in [3.63, 3.8) is 0 Å². The van der Waals surface area contributed by atoms with Gasteiger partial charge in [0.15, 0.2) is 0 Å². The van der Waals surface area contributed by atoms with E-state index in [1.54, 1.807) is 0 Å². The molecule has 1 saturated heterocycles. The zero-order valence-electron chi connectivity index (χ0n) is 19.6. The summed E-state index contributed by atoms with van der Waals surface area (Å²) in [6, 6.07) is 6.83. The summed E-state index contributed by atoms with van der Waals surface area (Å²) < 4.78 is 0. The molecule has 0 bridgehead atoms. The SMILES string of the molecule is CC1(C)CC(Nc2nccc(-c3ccc(CCC4(N)CCCCC4)s3)n2)CC(C)(C)N1. The molecule has 0 atom stereocenters. The Hall–Kier alpha value is -1.50. The Morgan fingerprint density at radius 3 is 2.48 bits per heavy atom. The fourth-order valence-electron chi connectivity index (χ4n) is 5.70. The van der Waals surface area contributed by atoms with Crippen LogP contribution in [-0.4, -0.2) is 32.6 Å². The molecule has 1 aliphatic heterocycles. The molecule has 3 heterocycles. The summed E-state index contributed by atoms with van der Waals surface area (Å²) >= 11 is 1.84. The fourth-order valence-corrected chi connectivity index (χ4v) is 6.68. The summed E-state index contributed by atoms with van der Waals surface area (Å²) in [7, 11) is 0. The van der Waals surface area contributed by atoms with Crippen molar-refractivity contribution in [2.24, 2.45) is 5.73 Å². The molecule has 0 spiro atoms. The topological polar surface area (TPSA) is 75.9 Å². The Morgan fingerprint density at radius 1 is 1.06 bits per heavy atom. The highest BCUT2D eigenvalue weighted by molar-refractivity contribution is 7.15. The van der Waals surface area contributed by atoms with Crippen LogP contribution < -0.4 is 16.4 Å². The predicted molar refractivity (Wildman–Crippen MR) is 132 cm³/mol. The van der Waals surface area contributed by atoms with E-state index >= 15 is 0 Å². The molecule has 0 amide bonds. The lowest BCUT2D eigenvalue weighted by molar-refractivity contribution is 0.170. The van der Waals surface area contributed by atoms with Gasteiger partial charge < -0.3 is 16.4 Å². The minimum absolute atomic E-state index is 0.0464. The van der Waals surface area contributed by atoms with Crippen LogP contribution in [0.1, 0.15) is 83.9 Å². The summed E-state index contributed by atoms with van der Waals surface area (Å²) in [5.41, 5.74) is 7.88. The Balaban J connectivity index is 1.40. The van der Waals surface area contributed by atoms with Gasteiger partial charge in [-0.1, -0.05) is 19.3 Å². The lowest BCUT2D eigenvalue weighted by Crippen LogP contribution is -2.60. The van der Waals surface area contributed by atoms with Crippen LogP contribution >= 0.6 is 11.3 Å². The number of nitrogens with one attached hydrogen (secondary N) is 2. The molecule has 0 unspecified atom stereocenters. The first-order valence-corrected chi connectivity index (χ1v) is 12.7. The van der Waals surface area contributed by atoms with E-state index in [0.29, 0.717) is 6.04 Å². The van der Waals surface area contributed by atoms with E-state index in [4.69, 9.17) is 10.7 Å². The number of anilines is 1. The first-order valence-electron chi connectivity index (χ1n) is 11.9. The Morgan fingerprint density at radius 2 is 1.77 bits per heavy atom. The van der Waals surface area contributed by atoms with Gasteiger partial charge in [0, 0.05) is 33.7 Å². The maximum atomic E-state index is 6.64. The van der Waals surface area contributed by atoms with Gasteiger partial charge in [0.25, 0.3) is 0 Å². The summed E-state index contributed by atoms with van der Waals surface area (Å²) in [5, 5.41) is 7.35. The molecule has 1 aliphatic carbocycles. The maximum absolute atomic E-state index is 6.64. The largest absolute Gasteiger partial charge is 0.351 e. The highest BCUT2D eigenvalue weighted by Crippen LogP contribution is 2.34. The molecule has 170 valence electrons. The van der Waals surface area contributed by atoms with Crippen LogP contribution in [0.15, 0.2) is 24.4 Å². The van der Waals surface area contributed by atoms with E-state index in [1.165, 1.54) is 41.9 Å². The summed E-state index contributed by atoms with van der Waals surface area (Å²) in [6.45, 7) is 9.08. The third-order valence-electron chi connectivity index (χ3n) is 6.81. The van der Waals surface area contributed by atoms with Crippen molar-refractivity contribution < 1.29 is 0 Å². The molecular weight excluding hydrogens is 402 g/mol. The van der Waals surface area contributed by atoms with E-state index in [1.807, 2.05) is 23.6 Å². The molecule has 4 rings (SSSR count). The monoisotopic (exact) mass is 441 g/mol. The molecule has 2 aromatic rings. The third-order valence-corrected chi connectivity index (χ3v) is 7.98. The molecule has 2 aliphatic rings. The van der Waals surface area contributed by atoms with E-state index in [2.05, 4.69) is 55.4 Å². The van der Waals surface area contributed by atoms with E-state index in [9.17, 15) is 0 Å². The van der Waals surface area contributed by atoms with Crippen molar-refractivity contribution in [1.82, 2.24) is 15.3 Å². The average molecular weight is 442 g/mol. The number of aromatic nitrogens is 2. The van der Waals surface area contributed by atoms with Gasteiger partial charge in [0.05, 0.1) is 10.6 Å². The quantitative estimate of drug-likeness (QED) is 0.550. The maximum Gasteiger partial charge on any atom is 0.223 e. The smallest absolute Gasteiger partial charge is 0.223 e. The van der Waals surface area contributed by atoms with Gasteiger partial charge in [-0.25, -0.2) is 9.97 Å². The number of hydrogen-bond acceptors (Lipinski definition) is 6. The number of nitrogens with zero attached hydrogens (tertiary/aromatic N) is 2. The molecule has 2 aromatic heterocycles. The van der Waals surface area contributed by atoms with Gasteiger partial charge >= 0.3 is 0 Å². The summed E-state index contributed by atoms with van der Waals surface area (Å²) in [4.78, 5) is 12.0. The van der Waals surface area contributed by atoms with Crippen LogP contribution in [0.5, 0.6) is 0 Å². The lowest BCUT2D eigenvalue weighted by atomic mass is 9.79. The van der Waals surface area contributed by atoms with E-state index in [-0.39, 0.29) is 16.6 Å². The van der Waals surface area contributed by atoms with Gasteiger partial charge in [-0.05, 0) is 84.4 Å². The lowest BCUT2D eigenvalue weighted by Gasteiger charge is -2.46. The van der Waals surface area contributed by atoms with Gasteiger partial charge in [0.2, 0.25) is 5.95 Å². The number of rotatable bonds is 6. The minimum Gasteiger partial charge on any atom is -0.351 e. The van der Waals surface area contributed by atoms with Crippen LogP contribution in [0.4, 0.5) is 5.95 Å². The number of aryl methyl sites for hydroxylation is 1. The van der Waals surface area contributed by atoms with Gasteiger partial charge in [0.1, 0.15) is 0 Å². The fraction of sp³-hybridized carbons (Fsp3) is 0.680. The van der Waals surface area contributed by atoms with Crippen LogP contribution in [0.25, 0.3) is 10.6 Å². The second-order valence-corrected chi connectivity index (χ2v) is 12.3. The number of thiophene rings is 1. The van der Waals surface area contributed by atoms with Crippen molar-refractivity contribution in [3.05, 3.63) is 29.3 Å². The van der Waals surface area contributed by atoms with Crippen molar-refractivity contribution in [3.8, 4) is 10.6 Å². The van der Waals surface area contributed by atoms with Gasteiger partial charge in [-0.15, -0.1) is 11.3 Å². The predicted octanol–water partition coefficient (Wildman–Crippen LogP) is 5.52. The molecule has 6 heteroatoms. The zero-order valence-corrected chi connectivity index (χ0v) is 20.4. The highest BCUT2D eigenvalue weighted by atomic mass is 32.1. The van der Waals surface area contributed by atoms with Crippen molar-refractivity contribution in [1.29, 1.82) is 0 Å². The second kappa shape index (κ2) is 8.80. The molecule has 31 heavy (non-hydrogen) atoms. The molecule has 1 saturated carbocycles. The standard InChI is InChI=1S/C25H39N5S/c1-23(2)16-18(17-24(3,4)30-23)28-22-27-15-11-20(29-22)21-9-8-19(31-21)10-14-25(26)12-6-5-7-13-25/h8-9,11,15,18,30H,5-7,10,12-14,16-17,26H2,1-4H3,(H,27,28,29). The Bertz CT molecular complexity index is 866. The zero-order chi connectivity index (χ0) is 22.1. The first-order chi connectivity index (χ1) is 14.6. The Kier molecular flexibility index (Phi) is 6.44. The molecule has 0 aromatic carbocycles. The first kappa shape index (κ1) is 22.7. The number of piperidine rings is 1. The van der Waals surface area contributed by atoms with E-state index in [0.717, 1.165) is 37.3 Å². The molecule has 2 fully saturated rings.